The van der Waals surface area contributed by atoms with Gasteiger partial charge in [-0.05, 0) is 42.5 Å². The lowest BCUT2D eigenvalue weighted by Gasteiger charge is -2.10. The minimum absolute atomic E-state index is 0.0397. The maximum atomic E-state index is 12.5. The van der Waals surface area contributed by atoms with Crippen molar-refractivity contribution >= 4 is 54.2 Å². The number of rotatable bonds is 3. The van der Waals surface area contributed by atoms with Gasteiger partial charge in [-0.1, -0.05) is 27.5 Å². The van der Waals surface area contributed by atoms with Gasteiger partial charge in [0.1, 0.15) is 5.58 Å². The van der Waals surface area contributed by atoms with E-state index in [9.17, 15) is 13.2 Å². The molecule has 0 amide bonds. The standard InChI is InChI=1S/C15H9BrClNO4S/c16-10-2-4-13(12(17)8-10)18-23(20,21)11-3-5-14-9(7-11)1-6-15(19)22-14/h1-8,18H. The third kappa shape index (κ3) is 3.41. The zero-order valence-corrected chi connectivity index (χ0v) is 14.6. The molecule has 0 atom stereocenters. The lowest BCUT2D eigenvalue weighted by Crippen LogP contribution is -2.13. The number of hydrogen-bond donors (Lipinski definition) is 1. The fraction of sp³-hybridized carbons (Fsp3) is 0. The van der Waals surface area contributed by atoms with Gasteiger partial charge >= 0.3 is 5.63 Å². The number of fused-ring (bicyclic) bond motifs is 1. The lowest BCUT2D eigenvalue weighted by atomic mass is 10.2. The van der Waals surface area contributed by atoms with Crippen LogP contribution < -0.4 is 10.3 Å². The van der Waals surface area contributed by atoms with Crippen molar-refractivity contribution in [3.63, 3.8) is 0 Å². The van der Waals surface area contributed by atoms with E-state index in [4.69, 9.17) is 16.0 Å². The number of anilines is 1. The highest BCUT2D eigenvalue weighted by Gasteiger charge is 2.16. The van der Waals surface area contributed by atoms with Crippen molar-refractivity contribution in [1.29, 1.82) is 0 Å². The van der Waals surface area contributed by atoms with Gasteiger partial charge in [-0.15, -0.1) is 0 Å². The molecule has 8 heteroatoms. The smallest absolute Gasteiger partial charge is 0.336 e. The van der Waals surface area contributed by atoms with Gasteiger partial charge in [0.2, 0.25) is 0 Å². The van der Waals surface area contributed by atoms with E-state index in [1.165, 1.54) is 30.3 Å². The Morgan fingerprint density at radius 3 is 2.57 bits per heavy atom. The van der Waals surface area contributed by atoms with E-state index >= 15 is 0 Å². The summed E-state index contributed by atoms with van der Waals surface area (Å²) in [4.78, 5) is 11.2. The van der Waals surface area contributed by atoms with Crippen LogP contribution in [0.4, 0.5) is 5.69 Å². The summed E-state index contributed by atoms with van der Waals surface area (Å²) in [5.74, 6) is 0. The van der Waals surface area contributed by atoms with E-state index in [1.54, 1.807) is 18.2 Å². The maximum absolute atomic E-state index is 12.5. The quantitative estimate of drug-likeness (QED) is 0.657. The molecule has 23 heavy (non-hydrogen) atoms. The van der Waals surface area contributed by atoms with Crippen molar-refractivity contribution in [2.45, 2.75) is 4.90 Å². The molecule has 2 aromatic carbocycles. The first kappa shape index (κ1) is 16.0. The van der Waals surface area contributed by atoms with Crippen LogP contribution in [0.3, 0.4) is 0 Å². The molecule has 0 aliphatic heterocycles. The van der Waals surface area contributed by atoms with Crippen LogP contribution in [0.1, 0.15) is 0 Å². The molecular formula is C15H9BrClNO4S. The number of sulfonamides is 1. The van der Waals surface area contributed by atoms with Crippen molar-refractivity contribution in [3.8, 4) is 0 Å². The number of halogens is 2. The molecular weight excluding hydrogens is 406 g/mol. The first-order chi connectivity index (χ1) is 10.8. The highest BCUT2D eigenvalue weighted by atomic mass is 79.9. The zero-order chi connectivity index (χ0) is 16.6. The van der Waals surface area contributed by atoms with Gasteiger partial charge in [-0.3, -0.25) is 4.72 Å². The fourth-order valence-corrected chi connectivity index (χ4v) is 3.88. The van der Waals surface area contributed by atoms with Crippen LogP contribution in [0.25, 0.3) is 11.0 Å². The molecule has 3 aromatic rings. The van der Waals surface area contributed by atoms with E-state index < -0.39 is 15.6 Å². The minimum atomic E-state index is -3.82. The predicted molar refractivity (Wildman–Crippen MR) is 92.4 cm³/mol. The first-order valence-corrected chi connectivity index (χ1v) is 9.02. The largest absolute Gasteiger partial charge is 0.423 e. The van der Waals surface area contributed by atoms with Crippen LogP contribution in [0.5, 0.6) is 0 Å². The van der Waals surface area contributed by atoms with Crippen LogP contribution in [0.15, 0.2) is 67.1 Å². The summed E-state index contributed by atoms with van der Waals surface area (Å²) in [7, 11) is -3.82. The normalized spacial score (nSPS) is 11.6. The van der Waals surface area contributed by atoms with Crippen LogP contribution in [-0.4, -0.2) is 8.42 Å². The van der Waals surface area contributed by atoms with E-state index in [1.807, 2.05) is 0 Å². The summed E-state index contributed by atoms with van der Waals surface area (Å²) in [6.07, 6.45) is 0. The summed E-state index contributed by atoms with van der Waals surface area (Å²) >= 11 is 9.29. The highest BCUT2D eigenvalue weighted by Crippen LogP contribution is 2.28. The van der Waals surface area contributed by atoms with Crippen LogP contribution in [-0.2, 0) is 10.0 Å². The van der Waals surface area contributed by atoms with Gasteiger partial charge in [0, 0.05) is 15.9 Å². The molecule has 118 valence electrons. The van der Waals surface area contributed by atoms with Gasteiger partial charge in [0.25, 0.3) is 10.0 Å². The summed E-state index contributed by atoms with van der Waals surface area (Å²) in [5.41, 5.74) is 0.0977. The Balaban J connectivity index is 2.02. The Bertz CT molecular complexity index is 1060. The molecule has 0 spiro atoms. The van der Waals surface area contributed by atoms with Crippen molar-refractivity contribution < 1.29 is 12.8 Å². The van der Waals surface area contributed by atoms with Crippen molar-refractivity contribution in [1.82, 2.24) is 0 Å². The molecule has 3 rings (SSSR count). The third-order valence-electron chi connectivity index (χ3n) is 3.08. The monoisotopic (exact) mass is 413 g/mol. The molecule has 0 aliphatic carbocycles. The number of nitrogens with one attached hydrogen (secondary N) is 1. The van der Waals surface area contributed by atoms with Gasteiger partial charge in [-0.2, -0.15) is 0 Å². The Morgan fingerprint density at radius 1 is 1.04 bits per heavy atom. The van der Waals surface area contributed by atoms with E-state index in [2.05, 4.69) is 20.7 Å². The van der Waals surface area contributed by atoms with Gasteiger partial charge in [0.15, 0.2) is 0 Å². The molecule has 0 fully saturated rings. The van der Waals surface area contributed by atoms with E-state index in [0.717, 1.165) is 4.47 Å². The molecule has 0 saturated heterocycles. The second-order valence-electron chi connectivity index (χ2n) is 4.68. The van der Waals surface area contributed by atoms with Crippen molar-refractivity contribution in [2.75, 3.05) is 4.72 Å². The molecule has 1 heterocycles. The van der Waals surface area contributed by atoms with Gasteiger partial charge < -0.3 is 4.42 Å². The van der Waals surface area contributed by atoms with Crippen LogP contribution in [0.2, 0.25) is 5.02 Å². The van der Waals surface area contributed by atoms with Crippen LogP contribution in [0, 0.1) is 0 Å². The van der Waals surface area contributed by atoms with Crippen molar-refractivity contribution in [2.24, 2.45) is 0 Å². The topological polar surface area (TPSA) is 76.4 Å². The van der Waals surface area contributed by atoms with E-state index in [0.29, 0.717) is 11.0 Å². The van der Waals surface area contributed by atoms with Crippen molar-refractivity contribution in [3.05, 3.63) is 68.4 Å². The third-order valence-corrected chi connectivity index (χ3v) is 5.25. The molecule has 5 nitrogen and oxygen atoms in total. The Hall–Kier alpha value is -1.83. The summed E-state index contributed by atoms with van der Waals surface area (Å²) in [5, 5.41) is 0.782. The van der Waals surface area contributed by atoms with E-state index in [-0.39, 0.29) is 15.6 Å². The SMILES string of the molecule is O=c1ccc2cc(S(=O)(=O)Nc3ccc(Br)cc3Cl)ccc2o1. The fourth-order valence-electron chi connectivity index (χ4n) is 1.99. The summed E-state index contributed by atoms with van der Waals surface area (Å²) in [6, 6.07) is 11.8. The van der Waals surface area contributed by atoms with Gasteiger partial charge in [-0.25, -0.2) is 13.2 Å². The lowest BCUT2D eigenvalue weighted by molar-refractivity contribution is 0.560. The number of hydrogen-bond acceptors (Lipinski definition) is 4. The average molecular weight is 415 g/mol. The molecule has 0 saturated carbocycles. The first-order valence-electron chi connectivity index (χ1n) is 6.37. The zero-order valence-electron chi connectivity index (χ0n) is 11.4. The number of benzene rings is 2. The summed E-state index contributed by atoms with van der Waals surface area (Å²) in [6.45, 7) is 0. The predicted octanol–water partition coefficient (Wildman–Crippen LogP) is 4.01. The maximum Gasteiger partial charge on any atom is 0.336 e. The molecule has 0 unspecified atom stereocenters. The molecule has 0 bridgehead atoms. The molecule has 0 radical (unpaired) electrons. The minimum Gasteiger partial charge on any atom is -0.423 e. The molecule has 1 aromatic heterocycles. The van der Waals surface area contributed by atoms with Gasteiger partial charge in [0.05, 0.1) is 15.6 Å². The summed E-state index contributed by atoms with van der Waals surface area (Å²) < 4.78 is 33.1. The molecule has 0 aliphatic rings. The Kier molecular flexibility index (Phi) is 4.18. The average Bonchev–Trinajstić information content (AvgIpc) is 2.49. The Labute approximate surface area is 145 Å². The molecule has 1 N–H and O–H groups in total. The highest BCUT2D eigenvalue weighted by molar-refractivity contribution is 9.10. The van der Waals surface area contributed by atoms with Crippen LogP contribution >= 0.6 is 27.5 Å². The second-order valence-corrected chi connectivity index (χ2v) is 7.69. The Morgan fingerprint density at radius 2 is 1.83 bits per heavy atom. The second kappa shape index (κ2) is 5.99.